The largest absolute Gasteiger partial charge is 0.489 e. The zero-order valence-corrected chi connectivity index (χ0v) is 15.9. The molecule has 2 aromatic rings. The van der Waals surface area contributed by atoms with Gasteiger partial charge in [0.2, 0.25) is 0 Å². The monoisotopic (exact) mass is 365 g/mol. The molecule has 0 heterocycles. The van der Waals surface area contributed by atoms with Crippen molar-refractivity contribution < 1.29 is 14.0 Å². The topological polar surface area (TPSA) is 29.5 Å². The van der Waals surface area contributed by atoms with Gasteiger partial charge in [0.05, 0.1) is 7.45 Å². The predicted octanol–water partition coefficient (Wildman–Crippen LogP) is 5.48. The zero-order valence-electron chi connectivity index (χ0n) is 18.9. The molecule has 1 N–H and O–H groups in total. The van der Waals surface area contributed by atoms with Crippen LogP contribution in [0.4, 0.5) is 0 Å². The summed E-state index contributed by atoms with van der Waals surface area (Å²) in [4.78, 5) is 0. The minimum Gasteiger partial charge on any atom is -0.489 e. The Morgan fingerprint density at radius 2 is 2.04 bits per heavy atom. The Hall–Kier alpha value is -1.80. The summed E-state index contributed by atoms with van der Waals surface area (Å²) in [7, 11) is 0. The van der Waals surface area contributed by atoms with Crippen LogP contribution in [0.5, 0.6) is 5.75 Å². The summed E-state index contributed by atoms with van der Waals surface area (Å²) < 4.78 is 31.1. The summed E-state index contributed by atoms with van der Waals surface area (Å²) in [5.74, 6) is 1.67. The molecule has 2 heteroatoms. The SMILES string of the molecule is [2H]C1([2H])C[C@H]2[C@@H]3CCc4cc(OCc5ccccc5)ccc4[C@H]3CC[C@]2(C)[C@@]1([2H])O. The number of ether oxygens (including phenoxy) is 1. The standard InChI is InChI=1S/C25H30O2/c1-25-14-13-21-20-10-8-19(27-16-17-5-3-2-4-6-17)15-18(20)7-9-22(21)23(25)11-12-24(25)26/h2-6,8,10,15,21-24,26H,7,9,11-14,16H2,1H3/t21-,22-,23+,24+,25+/m1/s1/i12D2,24D. The molecule has 3 aliphatic rings. The van der Waals surface area contributed by atoms with E-state index < -0.39 is 17.9 Å². The Kier molecular flexibility index (Phi) is 3.51. The fourth-order valence-corrected chi connectivity index (χ4v) is 5.79. The molecule has 0 unspecified atom stereocenters. The maximum Gasteiger partial charge on any atom is 0.120 e. The minimum atomic E-state index is -2.01. The molecule has 0 aromatic heterocycles. The van der Waals surface area contributed by atoms with Crippen molar-refractivity contribution in [1.29, 1.82) is 0 Å². The molecule has 0 aliphatic heterocycles. The van der Waals surface area contributed by atoms with Gasteiger partial charge in [0.1, 0.15) is 12.4 Å². The van der Waals surface area contributed by atoms with Crippen molar-refractivity contribution >= 4 is 0 Å². The maximum atomic E-state index is 10.8. The molecule has 2 fully saturated rings. The molecular weight excluding hydrogens is 332 g/mol. The third kappa shape index (κ3) is 2.89. The van der Waals surface area contributed by atoms with Crippen LogP contribution in [0.25, 0.3) is 0 Å². The highest BCUT2D eigenvalue weighted by Crippen LogP contribution is 2.60. The lowest BCUT2D eigenvalue weighted by molar-refractivity contribution is -0.0226. The number of hydrogen-bond donors (Lipinski definition) is 1. The number of hydrogen-bond acceptors (Lipinski definition) is 2. The lowest BCUT2D eigenvalue weighted by Crippen LogP contribution is -2.43. The first-order valence-corrected chi connectivity index (χ1v) is 10.2. The van der Waals surface area contributed by atoms with E-state index in [0.717, 1.165) is 30.6 Å². The van der Waals surface area contributed by atoms with E-state index in [1.807, 2.05) is 25.1 Å². The van der Waals surface area contributed by atoms with Crippen LogP contribution >= 0.6 is 0 Å². The number of aryl methyl sites for hydroxylation is 1. The van der Waals surface area contributed by atoms with Gasteiger partial charge in [0.15, 0.2) is 0 Å². The summed E-state index contributed by atoms with van der Waals surface area (Å²) in [6, 6.07) is 16.6. The van der Waals surface area contributed by atoms with Crippen molar-refractivity contribution in [3.05, 3.63) is 65.2 Å². The van der Waals surface area contributed by atoms with E-state index in [0.29, 0.717) is 24.9 Å². The van der Waals surface area contributed by atoms with E-state index in [-0.39, 0.29) is 12.3 Å². The van der Waals surface area contributed by atoms with Crippen molar-refractivity contribution in [2.75, 3.05) is 0 Å². The molecule has 142 valence electrons. The molecule has 2 saturated carbocycles. The summed E-state index contributed by atoms with van der Waals surface area (Å²) in [6.45, 7) is 2.50. The predicted molar refractivity (Wildman–Crippen MR) is 108 cm³/mol. The smallest absolute Gasteiger partial charge is 0.120 e. The van der Waals surface area contributed by atoms with Crippen molar-refractivity contribution in [2.24, 2.45) is 17.3 Å². The summed E-state index contributed by atoms with van der Waals surface area (Å²) >= 11 is 0. The molecule has 0 spiro atoms. The van der Waals surface area contributed by atoms with Gasteiger partial charge in [-0.2, -0.15) is 0 Å². The molecule has 3 aliphatic carbocycles. The lowest BCUT2D eigenvalue weighted by Gasteiger charge is -2.50. The molecule has 5 rings (SSSR count). The first-order chi connectivity index (χ1) is 14.2. The van der Waals surface area contributed by atoms with Crippen LogP contribution < -0.4 is 4.74 Å². The van der Waals surface area contributed by atoms with Crippen molar-refractivity contribution in [3.63, 3.8) is 0 Å². The number of rotatable bonds is 3. The Labute approximate surface area is 166 Å². The molecule has 0 saturated heterocycles. The van der Waals surface area contributed by atoms with Gasteiger partial charge in [-0.05, 0) is 90.5 Å². The van der Waals surface area contributed by atoms with Crippen molar-refractivity contribution in [2.45, 2.75) is 64.0 Å². The molecule has 5 atom stereocenters. The van der Waals surface area contributed by atoms with E-state index in [4.69, 9.17) is 8.85 Å². The molecule has 27 heavy (non-hydrogen) atoms. The van der Waals surface area contributed by atoms with Crippen LogP contribution in [0.3, 0.4) is 0 Å². The van der Waals surface area contributed by atoms with Crippen LogP contribution in [0.2, 0.25) is 0 Å². The average Bonchev–Trinajstić information content (AvgIpc) is 2.88. The van der Waals surface area contributed by atoms with Crippen LogP contribution in [-0.4, -0.2) is 11.2 Å². The van der Waals surface area contributed by atoms with Gasteiger partial charge < -0.3 is 9.84 Å². The highest BCUT2D eigenvalue weighted by molar-refractivity contribution is 5.41. The molecule has 0 amide bonds. The van der Waals surface area contributed by atoms with Gasteiger partial charge in [-0.25, -0.2) is 0 Å². The Morgan fingerprint density at radius 3 is 2.89 bits per heavy atom. The highest BCUT2D eigenvalue weighted by Gasteiger charge is 2.54. The summed E-state index contributed by atoms with van der Waals surface area (Å²) in [5, 5.41) is 10.8. The summed E-state index contributed by atoms with van der Waals surface area (Å²) in [6.07, 6.45) is -0.0203. The Balaban J connectivity index is 1.37. The fraction of sp³-hybridized carbons (Fsp3) is 0.520. The molecule has 0 radical (unpaired) electrons. The van der Waals surface area contributed by atoms with Gasteiger partial charge in [0.25, 0.3) is 0 Å². The minimum absolute atomic E-state index is 0.0518. The van der Waals surface area contributed by atoms with Gasteiger partial charge in [0, 0.05) is 2.74 Å². The first-order valence-electron chi connectivity index (χ1n) is 11.7. The zero-order chi connectivity index (χ0) is 21.1. The lowest BCUT2D eigenvalue weighted by atomic mass is 9.55. The normalized spacial score (nSPS) is 40.7. The Bertz CT molecular complexity index is 943. The third-order valence-electron chi connectivity index (χ3n) is 7.37. The third-order valence-corrected chi connectivity index (χ3v) is 7.37. The average molecular weight is 366 g/mol. The second-order valence-corrected chi connectivity index (χ2v) is 8.74. The maximum absolute atomic E-state index is 10.8. The molecule has 0 bridgehead atoms. The second kappa shape index (κ2) is 6.67. The van der Waals surface area contributed by atoms with E-state index >= 15 is 0 Å². The van der Waals surface area contributed by atoms with E-state index in [9.17, 15) is 5.11 Å². The van der Waals surface area contributed by atoms with Gasteiger partial charge in [-0.1, -0.05) is 43.3 Å². The number of fused-ring (bicyclic) bond motifs is 5. The Morgan fingerprint density at radius 1 is 1.19 bits per heavy atom. The summed E-state index contributed by atoms with van der Waals surface area (Å²) in [5.41, 5.74) is 3.18. The molecular formula is C25H30O2. The van der Waals surface area contributed by atoms with E-state index in [1.54, 1.807) is 0 Å². The van der Waals surface area contributed by atoms with E-state index in [1.165, 1.54) is 11.1 Å². The van der Waals surface area contributed by atoms with E-state index in [2.05, 4.69) is 30.3 Å². The van der Waals surface area contributed by atoms with Gasteiger partial charge in [-0.3, -0.25) is 0 Å². The first kappa shape index (κ1) is 14.2. The van der Waals surface area contributed by atoms with Crippen LogP contribution in [0.1, 0.15) is 65.7 Å². The quantitative estimate of drug-likeness (QED) is 0.780. The van der Waals surface area contributed by atoms with Crippen LogP contribution in [0.15, 0.2) is 48.5 Å². The van der Waals surface area contributed by atoms with Crippen molar-refractivity contribution in [3.8, 4) is 5.75 Å². The highest BCUT2D eigenvalue weighted by atomic mass is 16.5. The molecule has 2 aromatic carbocycles. The fourth-order valence-electron chi connectivity index (χ4n) is 5.79. The van der Waals surface area contributed by atoms with Crippen LogP contribution in [0, 0.1) is 17.3 Å². The second-order valence-electron chi connectivity index (χ2n) is 8.74. The van der Waals surface area contributed by atoms with Crippen LogP contribution in [-0.2, 0) is 13.0 Å². The van der Waals surface area contributed by atoms with Gasteiger partial charge >= 0.3 is 0 Å². The number of benzene rings is 2. The van der Waals surface area contributed by atoms with Crippen molar-refractivity contribution in [1.82, 2.24) is 0 Å². The number of aliphatic hydroxyl groups is 1. The van der Waals surface area contributed by atoms with Gasteiger partial charge in [-0.15, -0.1) is 0 Å². The molecule has 2 nitrogen and oxygen atoms in total.